The van der Waals surface area contributed by atoms with Gasteiger partial charge < -0.3 is 5.32 Å². The quantitative estimate of drug-likeness (QED) is 0.839. The van der Waals surface area contributed by atoms with E-state index in [9.17, 15) is 9.59 Å². The van der Waals surface area contributed by atoms with Crippen molar-refractivity contribution in [3.63, 3.8) is 0 Å². The highest BCUT2D eigenvalue weighted by Gasteiger charge is 2.35. The third kappa shape index (κ3) is 2.28. The van der Waals surface area contributed by atoms with Crippen LogP contribution in [0.5, 0.6) is 0 Å². The molecule has 0 radical (unpaired) electrons. The second-order valence-corrected chi connectivity index (χ2v) is 5.31. The molecule has 1 aromatic rings. The highest BCUT2D eigenvalue weighted by molar-refractivity contribution is 6.21. The molecule has 2 heterocycles. The van der Waals surface area contributed by atoms with E-state index in [0.717, 1.165) is 19.5 Å². The minimum atomic E-state index is -0.135. The van der Waals surface area contributed by atoms with Crippen LogP contribution in [-0.4, -0.2) is 36.3 Å². The van der Waals surface area contributed by atoms with E-state index in [1.165, 1.54) is 17.7 Å². The second kappa shape index (κ2) is 5.13. The maximum Gasteiger partial charge on any atom is 0.261 e. The summed E-state index contributed by atoms with van der Waals surface area (Å²) >= 11 is 0. The monoisotopic (exact) mass is 258 g/mol. The first-order valence-electron chi connectivity index (χ1n) is 6.93. The molecular formula is C15H18N2O2. The Morgan fingerprint density at radius 3 is 2.42 bits per heavy atom. The summed E-state index contributed by atoms with van der Waals surface area (Å²) in [6, 6.07) is 7.08. The van der Waals surface area contributed by atoms with E-state index in [-0.39, 0.29) is 11.8 Å². The van der Waals surface area contributed by atoms with E-state index in [1.807, 2.05) is 0 Å². The van der Waals surface area contributed by atoms with Gasteiger partial charge in [0.25, 0.3) is 11.8 Å². The molecule has 1 unspecified atom stereocenters. The van der Waals surface area contributed by atoms with E-state index >= 15 is 0 Å². The number of piperidine rings is 1. The molecule has 3 rings (SSSR count). The van der Waals surface area contributed by atoms with Crippen molar-refractivity contribution in [2.75, 3.05) is 19.6 Å². The molecule has 1 fully saturated rings. The number of rotatable bonds is 3. The van der Waals surface area contributed by atoms with Gasteiger partial charge in [-0.3, -0.25) is 14.5 Å². The van der Waals surface area contributed by atoms with Gasteiger partial charge in [0.1, 0.15) is 0 Å². The van der Waals surface area contributed by atoms with Crippen molar-refractivity contribution in [2.45, 2.75) is 19.3 Å². The Morgan fingerprint density at radius 2 is 1.84 bits per heavy atom. The summed E-state index contributed by atoms with van der Waals surface area (Å²) in [7, 11) is 0. The van der Waals surface area contributed by atoms with Crippen molar-refractivity contribution >= 4 is 11.8 Å². The molecule has 1 atom stereocenters. The molecule has 4 nitrogen and oxygen atoms in total. The molecule has 2 aliphatic heterocycles. The number of carbonyl (C=O) groups excluding carboxylic acids is 2. The number of hydrogen-bond donors (Lipinski definition) is 1. The lowest BCUT2D eigenvalue weighted by atomic mass is 9.96. The minimum Gasteiger partial charge on any atom is -0.316 e. The largest absolute Gasteiger partial charge is 0.316 e. The predicted molar refractivity (Wildman–Crippen MR) is 72.0 cm³/mol. The van der Waals surface area contributed by atoms with Gasteiger partial charge in [-0.1, -0.05) is 12.1 Å². The molecule has 100 valence electrons. The molecule has 1 aromatic carbocycles. The Bertz CT molecular complexity index is 472. The fourth-order valence-electron chi connectivity index (χ4n) is 2.92. The van der Waals surface area contributed by atoms with Crippen LogP contribution in [0, 0.1) is 5.92 Å². The number of hydrogen-bond acceptors (Lipinski definition) is 3. The molecule has 1 N–H and O–H groups in total. The number of carbonyl (C=O) groups is 2. The standard InChI is InChI=1S/C15H18N2O2/c18-14-12-5-1-2-6-13(12)15(19)17(14)9-7-11-4-3-8-16-10-11/h1-2,5-6,11,16H,3-4,7-10H2. The van der Waals surface area contributed by atoms with Crippen LogP contribution in [0.15, 0.2) is 24.3 Å². The van der Waals surface area contributed by atoms with Gasteiger partial charge in [-0.15, -0.1) is 0 Å². The lowest BCUT2D eigenvalue weighted by molar-refractivity contribution is 0.0643. The summed E-state index contributed by atoms with van der Waals surface area (Å²) < 4.78 is 0. The molecule has 0 aliphatic carbocycles. The molecular weight excluding hydrogens is 240 g/mol. The van der Waals surface area contributed by atoms with Gasteiger partial charge in [0.2, 0.25) is 0 Å². The van der Waals surface area contributed by atoms with Crippen molar-refractivity contribution in [1.29, 1.82) is 0 Å². The lowest BCUT2D eigenvalue weighted by Gasteiger charge is -2.24. The molecule has 0 bridgehead atoms. The van der Waals surface area contributed by atoms with E-state index in [0.29, 0.717) is 23.6 Å². The average molecular weight is 258 g/mol. The molecule has 2 aliphatic rings. The van der Waals surface area contributed by atoms with Crippen molar-refractivity contribution in [3.05, 3.63) is 35.4 Å². The predicted octanol–water partition coefficient (Wildman–Crippen LogP) is 1.67. The van der Waals surface area contributed by atoms with Crippen LogP contribution >= 0.6 is 0 Å². The zero-order valence-electron chi connectivity index (χ0n) is 10.9. The van der Waals surface area contributed by atoms with Crippen LogP contribution in [0.1, 0.15) is 40.0 Å². The highest BCUT2D eigenvalue weighted by Crippen LogP contribution is 2.24. The normalized spacial score (nSPS) is 22.7. The van der Waals surface area contributed by atoms with E-state index in [2.05, 4.69) is 5.32 Å². The van der Waals surface area contributed by atoms with Crippen LogP contribution in [0.2, 0.25) is 0 Å². The first-order valence-corrected chi connectivity index (χ1v) is 6.93. The molecule has 0 saturated carbocycles. The van der Waals surface area contributed by atoms with Crippen molar-refractivity contribution in [1.82, 2.24) is 10.2 Å². The number of nitrogens with one attached hydrogen (secondary N) is 1. The maximum absolute atomic E-state index is 12.2. The summed E-state index contributed by atoms with van der Waals surface area (Å²) in [5, 5.41) is 3.36. The van der Waals surface area contributed by atoms with Gasteiger partial charge in [-0.25, -0.2) is 0 Å². The summed E-state index contributed by atoms with van der Waals surface area (Å²) in [5.41, 5.74) is 1.10. The van der Waals surface area contributed by atoms with Crippen LogP contribution in [0.3, 0.4) is 0 Å². The first-order chi connectivity index (χ1) is 9.27. The number of nitrogens with zero attached hydrogens (tertiary/aromatic N) is 1. The average Bonchev–Trinajstić information content (AvgIpc) is 2.71. The SMILES string of the molecule is O=C1c2ccccc2C(=O)N1CCC1CCCNC1. The number of benzene rings is 1. The zero-order chi connectivity index (χ0) is 13.2. The van der Waals surface area contributed by atoms with Crippen molar-refractivity contribution in [2.24, 2.45) is 5.92 Å². The maximum atomic E-state index is 12.2. The Labute approximate surface area is 112 Å². The summed E-state index contributed by atoms with van der Waals surface area (Å²) in [4.78, 5) is 25.7. The second-order valence-electron chi connectivity index (χ2n) is 5.31. The van der Waals surface area contributed by atoms with Gasteiger partial charge in [0.05, 0.1) is 11.1 Å². The third-order valence-electron chi connectivity index (χ3n) is 4.04. The van der Waals surface area contributed by atoms with Crippen LogP contribution in [0.4, 0.5) is 0 Å². The van der Waals surface area contributed by atoms with Crippen molar-refractivity contribution < 1.29 is 9.59 Å². The molecule has 19 heavy (non-hydrogen) atoms. The molecule has 0 spiro atoms. The van der Waals surface area contributed by atoms with Gasteiger partial charge in [0.15, 0.2) is 0 Å². The number of amides is 2. The van der Waals surface area contributed by atoms with Gasteiger partial charge in [-0.05, 0) is 50.4 Å². The first kappa shape index (κ1) is 12.4. The Balaban J connectivity index is 1.67. The van der Waals surface area contributed by atoms with E-state index < -0.39 is 0 Å². The lowest BCUT2D eigenvalue weighted by Crippen LogP contribution is -2.35. The topological polar surface area (TPSA) is 49.4 Å². The fraction of sp³-hybridized carbons (Fsp3) is 0.467. The van der Waals surface area contributed by atoms with Gasteiger partial charge in [0, 0.05) is 6.54 Å². The van der Waals surface area contributed by atoms with Crippen LogP contribution in [-0.2, 0) is 0 Å². The Kier molecular flexibility index (Phi) is 3.34. The van der Waals surface area contributed by atoms with E-state index in [4.69, 9.17) is 0 Å². The summed E-state index contributed by atoms with van der Waals surface area (Å²) in [5.74, 6) is 0.312. The fourth-order valence-corrected chi connectivity index (χ4v) is 2.92. The highest BCUT2D eigenvalue weighted by atomic mass is 16.2. The minimum absolute atomic E-state index is 0.135. The summed E-state index contributed by atoms with van der Waals surface area (Å²) in [6.07, 6.45) is 3.28. The zero-order valence-corrected chi connectivity index (χ0v) is 10.9. The Morgan fingerprint density at radius 1 is 1.16 bits per heavy atom. The molecule has 2 amide bonds. The van der Waals surface area contributed by atoms with Crippen LogP contribution in [0.25, 0.3) is 0 Å². The number of fused-ring (bicyclic) bond motifs is 1. The third-order valence-corrected chi connectivity index (χ3v) is 4.04. The van der Waals surface area contributed by atoms with Gasteiger partial charge >= 0.3 is 0 Å². The molecule has 4 heteroatoms. The van der Waals surface area contributed by atoms with Crippen molar-refractivity contribution in [3.8, 4) is 0 Å². The summed E-state index contributed by atoms with van der Waals surface area (Å²) in [6.45, 7) is 2.63. The number of imide groups is 1. The van der Waals surface area contributed by atoms with Gasteiger partial charge in [-0.2, -0.15) is 0 Å². The smallest absolute Gasteiger partial charge is 0.261 e. The Hall–Kier alpha value is -1.68. The van der Waals surface area contributed by atoms with E-state index in [1.54, 1.807) is 24.3 Å². The molecule has 0 aromatic heterocycles. The van der Waals surface area contributed by atoms with Crippen LogP contribution < -0.4 is 5.32 Å². The molecule has 1 saturated heterocycles.